The second kappa shape index (κ2) is 9.52. The molecule has 1 aliphatic rings. The van der Waals surface area contributed by atoms with Gasteiger partial charge in [0.1, 0.15) is 5.82 Å². The number of imide groups is 1. The van der Waals surface area contributed by atoms with Crippen molar-refractivity contribution in [3.05, 3.63) is 34.6 Å². The highest BCUT2D eigenvalue weighted by molar-refractivity contribution is 6.31. The molecule has 0 aliphatic heterocycles. The highest BCUT2D eigenvalue weighted by Gasteiger charge is 2.23. The average molecular weight is 385 g/mol. The second-order valence-electron chi connectivity index (χ2n) is 6.43. The Hall–Kier alpha value is -2.15. The summed E-state index contributed by atoms with van der Waals surface area (Å²) in [5.74, 6) is -1.83. The summed E-state index contributed by atoms with van der Waals surface area (Å²) in [4.78, 5) is 35.3. The van der Waals surface area contributed by atoms with Crippen LogP contribution in [-0.4, -0.2) is 30.6 Å². The minimum absolute atomic E-state index is 0.00334. The number of rotatable bonds is 5. The van der Waals surface area contributed by atoms with Gasteiger partial charge in [0.05, 0.1) is 6.42 Å². The molecule has 2 atom stereocenters. The summed E-state index contributed by atoms with van der Waals surface area (Å²) in [5.41, 5.74) is 0.00334. The van der Waals surface area contributed by atoms with Crippen molar-refractivity contribution in [2.45, 2.75) is 45.1 Å². The van der Waals surface area contributed by atoms with Crippen molar-refractivity contribution in [1.29, 1.82) is 0 Å². The van der Waals surface area contributed by atoms with Crippen molar-refractivity contribution in [3.8, 4) is 0 Å². The molecule has 1 aromatic carbocycles. The van der Waals surface area contributed by atoms with E-state index in [0.29, 0.717) is 5.92 Å². The van der Waals surface area contributed by atoms with Gasteiger partial charge in [-0.3, -0.25) is 14.9 Å². The Morgan fingerprint density at radius 2 is 2.00 bits per heavy atom. The number of halogens is 2. The monoisotopic (exact) mass is 384 g/mol. The Morgan fingerprint density at radius 1 is 1.27 bits per heavy atom. The van der Waals surface area contributed by atoms with E-state index in [2.05, 4.69) is 17.6 Å². The van der Waals surface area contributed by atoms with Crippen LogP contribution in [-0.2, 0) is 20.7 Å². The van der Waals surface area contributed by atoms with E-state index in [4.69, 9.17) is 16.3 Å². The first-order valence-corrected chi connectivity index (χ1v) is 8.93. The van der Waals surface area contributed by atoms with Gasteiger partial charge in [0.25, 0.3) is 5.91 Å². The van der Waals surface area contributed by atoms with Gasteiger partial charge < -0.3 is 10.1 Å². The molecule has 6 nitrogen and oxygen atoms in total. The summed E-state index contributed by atoms with van der Waals surface area (Å²) >= 11 is 5.83. The summed E-state index contributed by atoms with van der Waals surface area (Å²) < 4.78 is 18.4. The molecule has 1 aromatic rings. The van der Waals surface area contributed by atoms with Crippen LogP contribution in [0.3, 0.4) is 0 Å². The zero-order chi connectivity index (χ0) is 19.1. The molecule has 0 aromatic heterocycles. The topological polar surface area (TPSA) is 84.5 Å². The molecule has 3 amide bonds. The lowest BCUT2D eigenvalue weighted by molar-refractivity contribution is -0.147. The summed E-state index contributed by atoms with van der Waals surface area (Å²) in [6.45, 7) is 1.43. The Balaban J connectivity index is 1.74. The minimum Gasteiger partial charge on any atom is -0.455 e. The summed E-state index contributed by atoms with van der Waals surface area (Å²) in [6.07, 6.45) is 3.70. The normalized spacial score (nSPS) is 19.5. The molecule has 1 saturated carbocycles. The molecular formula is C18H22ClFN2O4. The van der Waals surface area contributed by atoms with E-state index in [1.165, 1.54) is 18.2 Å². The third-order valence-electron chi connectivity index (χ3n) is 4.43. The lowest BCUT2D eigenvalue weighted by atomic mass is 9.86. The third-order valence-corrected chi connectivity index (χ3v) is 4.78. The molecule has 142 valence electrons. The van der Waals surface area contributed by atoms with E-state index in [9.17, 15) is 18.8 Å². The van der Waals surface area contributed by atoms with Crippen LogP contribution < -0.4 is 10.6 Å². The van der Waals surface area contributed by atoms with Crippen molar-refractivity contribution in [1.82, 2.24) is 10.6 Å². The Bertz CT molecular complexity index is 663. The first kappa shape index (κ1) is 20.2. The smallest absolute Gasteiger partial charge is 0.321 e. The van der Waals surface area contributed by atoms with Crippen LogP contribution in [0.25, 0.3) is 0 Å². The number of ether oxygens (including phenoxy) is 1. The molecule has 8 heteroatoms. The lowest BCUT2D eigenvalue weighted by Gasteiger charge is -2.29. The van der Waals surface area contributed by atoms with Gasteiger partial charge in [-0.15, -0.1) is 0 Å². The number of esters is 1. The summed E-state index contributed by atoms with van der Waals surface area (Å²) in [5, 5.41) is 4.99. The van der Waals surface area contributed by atoms with Crippen molar-refractivity contribution < 1.29 is 23.5 Å². The fourth-order valence-electron chi connectivity index (χ4n) is 2.94. The minimum atomic E-state index is -0.812. The number of carbonyl (C=O) groups excluding carboxylic acids is 3. The number of carbonyl (C=O) groups is 3. The number of nitrogens with one attached hydrogen (secondary N) is 2. The maximum atomic E-state index is 13.6. The highest BCUT2D eigenvalue weighted by Crippen LogP contribution is 2.23. The predicted octanol–water partition coefficient (Wildman–Crippen LogP) is 2.97. The number of hydrogen-bond acceptors (Lipinski definition) is 4. The Kier molecular flexibility index (Phi) is 7.38. The molecular weight excluding hydrogens is 363 g/mol. The number of hydrogen-bond donors (Lipinski definition) is 2. The zero-order valence-corrected chi connectivity index (χ0v) is 15.3. The van der Waals surface area contributed by atoms with Gasteiger partial charge >= 0.3 is 12.0 Å². The molecule has 2 unspecified atom stereocenters. The molecule has 0 saturated heterocycles. The summed E-state index contributed by atoms with van der Waals surface area (Å²) in [7, 11) is 0. The van der Waals surface area contributed by atoms with Crippen LogP contribution in [0.15, 0.2) is 18.2 Å². The molecule has 2 N–H and O–H groups in total. The van der Waals surface area contributed by atoms with E-state index in [1.807, 2.05) is 0 Å². The van der Waals surface area contributed by atoms with Gasteiger partial charge in [-0.2, -0.15) is 0 Å². The second-order valence-corrected chi connectivity index (χ2v) is 6.83. The first-order valence-electron chi connectivity index (χ1n) is 8.55. The van der Waals surface area contributed by atoms with Gasteiger partial charge in [0.2, 0.25) is 0 Å². The number of benzene rings is 1. The molecule has 1 fully saturated rings. The standard InChI is InChI=1S/C18H22ClFN2O4/c1-11-5-2-3-8-15(11)21-18(25)22-16(23)10-26-17(24)9-12-13(19)6-4-7-14(12)20/h4,6-7,11,15H,2-3,5,8-10H2,1H3,(H2,21,22,23,25). The molecule has 0 bridgehead atoms. The van der Waals surface area contributed by atoms with E-state index >= 15 is 0 Å². The fraction of sp³-hybridized carbons (Fsp3) is 0.500. The van der Waals surface area contributed by atoms with E-state index in [-0.39, 0.29) is 16.6 Å². The first-order chi connectivity index (χ1) is 12.4. The van der Waals surface area contributed by atoms with Gasteiger partial charge in [-0.25, -0.2) is 9.18 Å². The van der Waals surface area contributed by atoms with Crippen LogP contribution in [0.4, 0.5) is 9.18 Å². The van der Waals surface area contributed by atoms with Gasteiger partial charge in [0.15, 0.2) is 6.61 Å². The van der Waals surface area contributed by atoms with E-state index in [1.54, 1.807) is 0 Å². The maximum absolute atomic E-state index is 13.6. The SMILES string of the molecule is CC1CCCCC1NC(=O)NC(=O)COC(=O)Cc1c(F)cccc1Cl. The van der Waals surface area contributed by atoms with Crippen LogP contribution in [0.1, 0.15) is 38.2 Å². The molecule has 0 spiro atoms. The Labute approximate surface area is 156 Å². The van der Waals surface area contributed by atoms with Gasteiger partial charge in [-0.1, -0.05) is 37.4 Å². The van der Waals surface area contributed by atoms with Crippen LogP contribution in [0, 0.1) is 11.7 Å². The van der Waals surface area contributed by atoms with Crippen LogP contribution in [0.5, 0.6) is 0 Å². The van der Waals surface area contributed by atoms with Crippen molar-refractivity contribution >= 4 is 29.5 Å². The van der Waals surface area contributed by atoms with Crippen LogP contribution in [0.2, 0.25) is 5.02 Å². The maximum Gasteiger partial charge on any atom is 0.321 e. The Morgan fingerprint density at radius 3 is 2.69 bits per heavy atom. The van der Waals surface area contributed by atoms with Crippen LogP contribution >= 0.6 is 11.6 Å². The van der Waals surface area contributed by atoms with Gasteiger partial charge in [0, 0.05) is 16.6 Å². The summed E-state index contributed by atoms with van der Waals surface area (Å²) in [6, 6.07) is 3.48. The fourth-order valence-corrected chi connectivity index (χ4v) is 3.17. The molecule has 0 heterocycles. The third kappa shape index (κ3) is 5.98. The van der Waals surface area contributed by atoms with Crippen molar-refractivity contribution in [2.75, 3.05) is 6.61 Å². The van der Waals surface area contributed by atoms with Crippen molar-refractivity contribution in [2.24, 2.45) is 5.92 Å². The lowest BCUT2D eigenvalue weighted by Crippen LogP contribution is -2.48. The molecule has 2 rings (SSSR count). The number of urea groups is 1. The zero-order valence-electron chi connectivity index (χ0n) is 14.5. The number of amides is 3. The predicted molar refractivity (Wildman–Crippen MR) is 94.2 cm³/mol. The average Bonchev–Trinajstić information content (AvgIpc) is 2.58. The largest absolute Gasteiger partial charge is 0.455 e. The van der Waals surface area contributed by atoms with E-state index in [0.717, 1.165) is 25.7 Å². The van der Waals surface area contributed by atoms with Gasteiger partial charge in [-0.05, 0) is 30.9 Å². The molecule has 26 heavy (non-hydrogen) atoms. The van der Waals surface area contributed by atoms with E-state index < -0.39 is 36.8 Å². The quantitative estimate of drug-likeness (QED) is 0.764. The molecule has 1 aliphatic carbocycles. The molecule has 0 radical (unpaired) electrons. The van der Waals surface area contributed by atoms with Crippen molar-refractivity contribution in [3.63, 3.8) is 0 Å². The highest BCUT2D eigenvalue weighted by atomic mass is 35.5.